The van der Waals surface area contributed by atoms with E-state index >= 15 is 0 Å². The minimum Gasteiger partial charge on any atom is -0.348 e. The predicted octanol–water partition coefficient (Wildman–Crippen LogP) is 3.09. The normalized spacial score (nSPS) is 16.6. The largest absolute Gasteiger partial charge is 0.348 e. The molecule has 1 atom stereocenters. The second-order valence-electron chi connectivity index (χ2n) is 6.98. The highest BCUT2D eigenvalue weighted by Crippen LogP contribution is 2.25. The average molecular weight is 334 g/mol. The standard InChI is InChI=1S/C20H22N4O/c1-13-7-8-18-16(9-13)11-21-19-17(12-23-24(18)19)20(25)22-10-15-6-4-3-5-14(15)2/h3-6,11-13H,7-10H2,1-2H3,(H,22,25)/t13-/m1/s1. The number of carbonyl (C=O) groups is 1. The van der Waals surface area contributed by atoms with E-state index in [1.807, 2.05) is 41.9 Å². The molecule has 1 aliphatic rings. The van der Waals surface area contributed by atoms with Crippen molar-refractivity contribution in [3.05, 3.63) is 64.6 Å². The van der Waals surface area contributed by atoms with E-state index in [4.69, 9.17) is 0 Å². The third-order valence-electron chi connectivity index (χ3n) is 5.10. The maximum Gasteiger partial charge on any atom is 0.257 e. The summed E-state index contributed by atoms with van der Waals surface area (Å²) in [4.78, 5) is 17.1. The van der Waals surface area contributed by atoms with Crippen LogP contribution in [0.5, 0.6) is 0 Å². The molecule has 1 N–H and O–H groups in total. The molecule has 5 heteroatoms. The van der Waals surface area contributed by atoms with Gasteiger partial charge in [-0.25, -0.2) is 9.50 Å². The van der Waals surface area contributed by atoms with Crippen LogP contribution in [0.3, 0.4) is 0 Å². The smallest absolute Gasteiger partial charge is 0.257 e. The van der Waals surface area contributed by atoms with Crippen molar-refractivity contribution in [1.29, 1.82) is 0 Å². The summed E-state index contributed by atoms with van der Waals surface area (Å²) in [6.07, 6.45) is 6.73. The van der Waals surface area contributed by atoms with Crippen LogP contribution in [0.1, 0.15) is 46.1 Å². The molecule has 0 bridgehead atoms. The van der Waals surface area contributed by atoms with Crippen LogP contribution in [0.4, 0.5) is 0 Å². The van der Waals surface area contributed by atoms with Gasteiger partial charge in [0.15, 0.2) is 5.65 Å². The van der Waals surface area contributed by atoms with E-state index in [-0.39, 0.29) is 5.91 Å². The van der Waals surface area contributed by atoms with Crippen molar-refractivity contribution in [2.75, 3.05) is 0 Å². The number of amides is 1. The topological polar surface area (TPSA) is 59.3 Å². The Morgan fingerprint density at radius 3 is 3.00 bits per heavy atom. The molecule has 2 heterocycles. The Hall–Kier alpha value is -2.69. The van der Waals surface area contributed by atoms with Gasteiger partial charge in [-0.3, -0.25) is 4.79 Å². The SMILES string of the molecule is Cc1ccccc1CNC(=O)c1cnn2c3c(cnc12)C[C@H](C)CC3. The maximum atomic E-state index is 12.6. The number of fused-ring (bicyclic) bond motifs is 3. The third-order valence-corrected chi connectivity index (χ3v) is 5.10. The van der Waals surface area contributed by atoms with Crippen LogP contribution in [0.2, 0.25) is 0 Å². The van der Waals surface area contributed by atoms with Gasteiger partial charge in [0.25, 0.3) is 5.91 Å². The molecule has 4 rings (SSSR count). The fourth-order valence-electron chi connectivity index (χ4n) is 3.55. The van der Waals surface area contributed by atoms with E-state index in [1.165, 1.54) is 16.8 Å². The zero-order valence-corrected chi connectivity index (χ0v) is 14.6. The fraction of sp³-hybridized carbons (Fsp3) is 0.350. The lowest BCUT2D eigenvalue weighted by atomic mass is 9.89. The molecule has 0 spiro atoms. The second-order valence-corrected chi connectivity index (χ2v) is 6.98. The van der Waals surface area contributed by atoms with E-state index in [0.717, 1.165) is 24.8 Å². The number of nitrogens with one attached hydrogen (secondary N) is 1. The number of nitrogens with zero attached hydrogens (tertiary/aromatic N) is 3. The van der Waals surface area contributed by atoms with Gasteiger partial charge >= 0.3 is 0 Å². The highest BCUT2D eigenvalue weighted by atomic mass is 16.1. The molecule has 0 aliphatic heterocycles. The summed E-state index contributed by atoms with van der Waals surface area (Å²) in [6.45, 7) is 4.82. The van der Waals surface area contributed by atoms with Crippen LogP contribution in [0.25, 0.3) is 5.65 Å². The molecule has 0 radical (unpaired) electrons. The molecule has 0 saturated heterocycles. The van der Waals surface area contributed by atoms with Crippen molar-refractivity contribution >= 4 is 11.6 Å². The first kappa shape index (κ1) is 15.8. The van der Waals surface area contributed by atoms with Gasteiger partial charge in [0.2, 0.25) is 0 Å². The van der Waals surface area contributed by atoms with Crippen LogP contribution < -0.4 is 5.32 Å². The lowest BCUT2D eigenvalue weighted by Crippen LogP contribution is -2.23. The number of benzene rings is 1. The average Bonchev–Trinajstić information content (AvgIpc) is 3.05. The van der Waals surface area contributed by atoms with Crippen molar-refractivity contribution < 1.29 is 4.79 Å². The summed E-state index contributed by atoms with van der Waals surface area (Å²) >= 11 is 0. The summed E-state index contributed by atoms with van der Waals surface area (Å²) in [5, 5.41) is 7.43. The first-order valence-corrected chi connectivity index (χ1v) is 8.80. The monoisotopic (exact) mass is 334 g/mol. The van der Waals surface area contributed by atoms with Crippen molar-refractivity contribution in [3.63, 3.8) is 0 Å². The number of hydrogen-bond donors (Lipinski definition) is 1. The van der Waals surface area contributed by atoms with Gasteiger partial charge in [-0.1, -0.05) is 31.2 Å². The summed E-state index contributed by atoms with van der Waals surface area (Å²) in [5.41, 5.74) is 5.92. The quantitative estimate of drug-likeness (QED) is 0.801. The Bertz CT molecular complexity index is 944. The summed E-state index contributed by atoms with van der Waals surface area (Å²) < 4.78 is 1.85. The van der Waals surface area contributed by atoms with Crippen LogP contribution in [-0.4, -0.2) is 20.5 Å². The Labute approximate surface area is 147 Å². The van der Waals surface area contributed by atoms with Crippen LogP contribution in [-0.2, 0) is 19.4 Å². The predicted molar refractivity (Wildman–Crippen MR) is 96.5 cm³/mol. The van der Waals surface area contributed by atoms with Gasteiger partial charge in [0.05, 0.1) is 6.20 Å². The van der Waals surface area contributed by atoms with Crippen molar-refractivity contribution in [2.45, 2.75) is 39.7 Å². The molecular formula is C20H22N4O. The zero-order chi connectivity index (χ0) is 17.4. The lowest BCUT2D eigenvalue weighted by molar-refractivity contribution is 0.0952. The van der Waals surface area contributed by atoms with E-state index in [1.54, 1.807) is 6.20 Å². The Morgan fingerprint density at radius 2 is 2.16 bits per heavy atom. The van der Waals surface area contributed by atoms with Crippen molar-refractivity contribution in [1.82, 2.24) is 19.9 Å². The van der Waals surface area contributed by atoms with Crippen LogP contribution in [0.15, 0.2) is 36.7 Å². The Kier molecular flexibility index (Phi) is 3.99. The lowest BCUT2D eigenvalue weighted by Gasteiger charge is -2.21. The van der Waals surface area contributed by atoms with Gasteiger partial charge < -0.3 is 5.32 Å². The number of rotatable bonds is 3. The number of aromatic nitrogens is 3. The molecule has 0 unspecified atom stereocenters. The van der Waals surface area contributed by atoms with Crippen LogP contribution >= 0.6 is 0 Å². The minimum absolute atomic E-state index is 0.130. The first-order valence-electron chi connectivity index (χ1n) is 8.80. The van der Waals surface area contributed by atoms with Gasteiger partial charge in [-0.15, -0.1) is 0 Å². The molecular weight excluding hydrogens is 312 g/mol. The molecule has 1 amide bonds. The Morgan fingerprint density at radius 1 is 1.32 bits per heavy atom. The molecule has 5 nitrogen and oxygen atoms in total. The summed E-state index contributed by atoms with van der Waals surface area (Å²) in [5.74, 6) is 0.550. The molecule has 2 aromatic heterocycles. The summed E-state index contributed by atoms with van der Waals surface area (Å²) in [6, 6.07) is 8.06. The fourth-order valence-corrected chi connectivity index (χ4v) is 3.55. The molecule has 1 aliphatic carbocycles. The van der Waals surface area contributed by atoms with Gasteiger partial charge in [0.1, 0.15) is 5.56 Å². The number of carbonyl (C=O) groups excluding carboxylic acids is 1. The van der Waals surface area contributed by atoms with Crippen molar-refractivity contribution in [3.8, 4) is 0 Å². The number of aryl methyl sites for hydroxylation is 2. The zero-order valence-electron chi connectivity index (χ0n) is 14.6. The molecule has 0 saturated carbocycles. The van der Waals surface area contributed by atoms with Crippen LogP contribution in [0, 0.1) is 12.8 Å². The first-order chi connectivity index (χ1) is 12.1. The van der Waals surface area contributed by atoms with E-state index < -0.39 is 0 Å². The molecule has 0 fully saturated rings. The number of hydrogen-bond acceptors (Lipinski definition) is 3. The Balaban J connectivity index is 1.59. The highest BCUT2D eigenvalue weighted by Gasteiger charge is 2.22. The van der Waals surface area contributed by atoms with Gasteiger partial charge in [-0.05, 0) is 48.8 Å². The summed E-state index contributed by atoms with van der Waals surface area (Å²) in [7, 11) is 0. The maximum absolute atomic E-state index is 12.6. The van der Waals surface area contributed by atoms with E-state index in [2.05, 4.69) is 22.3 Å². The van der Waals surface area contributed by atoms with E-state index in [9.17, 15) is 4.79 Å². The molecule has 1 aromatic carbocycles. The minimum atomic E-state index is -0.130. The third kappa shape index (κ3) is 2.90. The van der Waals surface area contributed by atoms with Gasteiger partial charge in [-0.2, -0.15) is 5.10 Å². The van der Waals surface area contributed by atoms with Crippen molar-refractivity contribution in [2.24, 2.45) is 5.92 Å². The molecule has 3 aromatic rings. The van der Waals surface area contributed by atoms with E-state index in [0.29, 0.717) is 23.7 Å². The molecule has 128 valence electrons. The second kappa shape index (κ2) is 6.31. The van der Waals surface area contributed by atoms with Gasteiger partial charge in [0, 0.05) is 18.4 Å². The highest BCUT2D eigenvalue weighted by molar-refractivity contribution is 5.99. The molecule has 25 heavy (non-hydrogen) atoms.